The molecule has 0 aromatic heterocycles. The third-order valence-electron chi connectivity index (χ3n) is 3.20. The van der Waals surface area contributed by atoms with Gasteiger partial charge in [0, 0.05) is 17.0 Å². The molecule has 0 aromatic rings. The molecular weight excluding hydrogens is 186 g/mol. The van der Waals surface area contributed by atoms with E-state index in [0.717, 1.165) is 12.8 Å². The summed E-state index contributed by atoms with van der Waals surface area (Å²) in [4.78, 5) is 11.5. The normalized spacial score (nSPS) is 16.5. The van der Waals surface area contributed by atoms with Crippen LogP contribution in [-0.2, 0) is 4.79 Å². The third-order valence-corrected chi connectivity index (χ3v) is 3.20. The highest BCUT2D eigenvalue weighted by molar-refractivity contribution is 5.81. The van der Waals surface area contributed by atoms with Crippen molar-refractivity contribution in [3.8, 4) is 0 Å². The fourth-order valence-electron chi connectivity index (χ4n) is 2.07. The van der Waals surface area contributed by atoms with Gasteiger partial charge in [0.25, 0.3) is 0 Å². The maximum Gasteiger partial charge on any atom is 0.135 e. The average Bonchev–Trinajstić information content (AvgIpc) is 2.01. The number of nitrogens with one attached hydrogen (secondary N) is 1. The van der Waals surface area contributed by atoms with Gasteiger partial charge in [0.15, 0.2) is 0 Å². The summed E-state index contributed by atoms with van der Waals surface area (Å²) in [7, 11) is 0. The Morgan fingerprint density at radius 2 is 1.73 bits per heavy atom. The number of ketones is 1. The number of Topliss-reactive ketones (excluding diaryl/α,β-unsaturated/α-hetero) is 1. The lowest BCUT2D eigenvalue weighted by Gasteiger charge is -2.38. The van der Waals surface area contributed by atoms with E-state index in [2.05, 4.69) is 33.0 Å². The summed E-state index contributed by atoms with van der Waals surface area (Å²) in [6, 6.07) is 0.456. The van der Waals surface area contributed by atoms with Gasteiger partial charge in [-0.05, 0) is 26.7 Å². The second-order valence-electron chi connectivity index (χ2n) is 5.83. The van der Waals surface area contributed by atoms with Crippen LogP contribution in [0.3, 0.4) is 0 Å². The molecule has 0 aliphatic carbocycles. The fourth-order valence-corrected chi connectivity index (χ4v) is 2.07. The number of rotatable bonds is 6. The monoisotopic (exact) mass is 213 g/mol. The highest BCUT2D eigenvalue weighted by atomic mass is 16.1. The van der Waals surface area contributed by atoms with E-state index in [-0.39, 0.29) is 16.7 Å². The second kappa shape index (κ2) is 5.11. The van der Waals surface area contributed by atoms with Gasteiger partial charge >= 0.3 is 0 Å². The number of carbonyl (C=O) groups excluding carboxylic acids is 1. The molecule has 0 aliphatic rings. The number of hydrogen-bond donors (Lipinski definition) is 1. The standard InChI is InChI=1S/C13H27NO/c1-8-13(7,14-10(2)3)9-12(5,6)11(4)15/h10,14H,8-9H2,1-7H3. The topological polar surface area (TPSA) is 29.1 Å². The van der Waals surface area contributed by atoms with Crippen molar-refractivity contribution >= 4 is 5.78 Å². The molecule has 0 saturated heterocycles. The molecule has 0 spiro atoms. The Hall–Kier alpha value is -0.370. The Balaban J connectivity index is 4.63. The summed E-state index contributed by atoms with van der Waals surface area (Å²) < 4.78 is 0. The van der Waals surface area contributed by atoms with Crippen LogP contribution < -0.4 is 5.32 Å². The average molecular weight is 213 g/mol. The number of carbonyl (C=O) groups is 1. The molecule has 0 heterocycles. The van der Waals surface area contributed by atoms with Crippen LogP contribution in [0.15, 0.2) is 0 Å². The quantitative estimate of drug-likeness (QED) is 0.734. The van der Waals surface area contributed by atoms with E-state index in [1.807, 2.05) is 13.8 Å². The van der Waals surface area contributed by atoms with Crippen LogP contribution in [0.1, 0.15) is 61.3 Å². The molecular formula is C13H27NO. The van der Waals surface area contributed by atoms with Crippen molar-refractivity contribution in [2.24, 2.45) is 5.41 Å². The predicted molar refractivity (Wildman–Crippen MR) is 66.0 cm³/mol. The minimum absolute atomic E-state index is 0.0589. The lowest BCUT2D eigenvalue weighted by atomic mass is 9.75. The lowest BCUT2D eigenvalue weighted by Crippen LogP contribution is -2.49. The van der Waals surface area contributed by atoms with Crippen molar-refractivity contribution in [1.29, 1.82) is 0 Å². The zero-order valence-electron chi connectivity index (χ0n) is 11.4. The Bertz CT molecular complexity index is 221. The van der Waals surface area contributed by atoms with Crippen LogP contribution in [0.25, 0.3) is 0 Å². The van der Waals surface area contributed by atoms with Crippen molar-refractivity contribution in [1.82, 2.24) is 5.32 Å². The molecule has 0 saturated carbocycles. The van der Waals surface area contributed by atoms with Gasteiger partial charge in [0.2, 0.25) is 0 Å². The summed E-state index contributed by atoms with van der Waals surface area (Å²) in [6.07, 6.45) is 1.94. The molecule has 15 heavy (non-hydrogen) atoms. The smallest absolute Gasteiger partial charge is 0.135 e. The molecule has 0 radical (unpaired) electrons. The molecule has 0 rings (SSSR count). The van der Waals surface area contributed by atoms with Crippen molar-refractivity contribution in [2.45, 2.75) is 72.9 Å². The summed E-state index contributed by atoms with van der Waals surface area (Å²) in [5.41, 5.74) is -0.171. The highest BCUT2D eigenvalue weighted by Crippen LogP contribution is 2.31. The predicted octanol–water partition coefficient (Wildman–Crippen LogP) is 3.16. The summed E-state index contributed by atoms with van der Waals surface area (Å²) in [5.74, 6) is 0.271. The van der Waals surface area contributed by atoms with E-state index in [4.69, 9.17) is 0 Å². The molecule has 0 bridgehead atoms. The first kappa shape index (κ1) is 14.6. The molecule has 90 valence electrons. The zero-order valence-corrected chi connectivity index (χ0v) is 11.4. The Kier molecular flexibility index (Phi) is 4.98. The molecule has 2 heteroatoms. The molecule has 0 aliphatic heterocycles. The number of hydrogen-bond acceptors (Lipinski definition) is 2. The first-order valence-corrected chi connectivity index (χ1v) is 5.92. The van der Waals surface area contributed by atoms with Crippen molar-refractivity contribution < 1.29 is 4.79 Å². The summed E-state index contributed by atoms with van der Waals surface area (Å²) in [6.45, 7) is 14.4. The van der Waals surface area contributed by atoms with E-state index >= 15 is 0 Å². The SMILES string of the molecule is CCC(C)(CC(C)(C)C(C)=O)NC(C)C. The minimum Gasteiger partial charge on any atom is -0.309 e. The van der Waals surface area contributed by atoms with E-state index < -0.39 is 0 Å². The zero-order chi connectivity index (χ0) is 12.3. The third kappa shape index (κ3) is 4.78. The van der Waals surface area contributed by atoms with E-state index in [1.54, 1.807) is 6.92 Å². The second-order valence-corrected chi connectivity index (χ2v) is 5.83. The Morgan fingerprint density at radius 1 is 1.27 bits per heavy atom. The van der Waals surface area contributed by atoms with Gasteiger partial charge in [-0.15, -0.1) is 0 Å². The van der Waals surface area contributed by atoms with Gasteiger partial charge in [-0.3, -0.25) is 4.79 Å². The van der Waals surface area contributed by atoms with Crippen LogP contribution >= 0.6 is 0 Å². The maximum absolute atomic E-state index is 11.5. The summed E-state index contributed by atoms with van der Waals surface area (Å²) in [5, 5.41) is 3.56. The van der Waals surface area contributed by atoms with Crippen LogP contribution in [0.5, 0.6) is 0 Å². The van der Waals surface area contributed by atoms with Gasteiger partial charge in [-0.25, -0.2) is 0 Å². The highest BCUT2D eigenvalue weighted by Gasteiger charge is 2.34. The Labute approximate surface area is 94.8 Å². The van der Waals surface area contributed by atoms with Gasteiger partial charge in [-0.2, -0.15) is 0 Å². The minimum atomic E-state index is -0.230. The van der Waals surface area contributed by atoms with Gasteiger partial charge < -0.3 is 5.32 Å². The molecule has 1 atom stereocenters. The summed E-state index contributed by atoms with van der Waals surface area (Å²) >= 11 is 0. The van der Waals surface area contributed by atoms with Gasteiger partial charge in [-0.1, -0.05) is 34.6 Å². The van der Waals surface area contributed by atoms with Crippen molar-refractivity contribution in [3.05, 3.63) is 0 Å². The molecule has 1 N–H and O–H groups in total. The fraction of sp³-hybridized carbons (Fsp3) is 0.923. The molecule has 1 unspecified atom stereocenters. The molecule has 0 aromatic carbocycles. The van der Waals surface area contributed by atoms with Crippen LogP contribution in [0, 0.1) is 5.41 Å². The molecule has 0 fully saturated rings. The molecule has 0 amide bonds. The van der Waals surface area contributed by atoms with E-state index in [0.29, 0.717) is 6.04 Å². The lowest BCUT2D eigenvalue weighted by molar-refractivity contribution is -0.126. The largest absolute Gasteiger partial charge is 0.309 e. The first-order chi connectivity index (χ1) is 6.63. The van der Waals surface area contributed by atoms with Crippen LogP contribution in [0.4, 0.5) is 0 Å². The van der Waals surface area contributed by atoms with Gasteiger partial charge in [0.05, 0.1) is 0 Å². The Morgan fingerprint density at radius 3 is 2.00 bits per heavy atom. The van der Waals surface area contributed by atoms with E-state index in [9.17, 15) is 4.79 Å². The van der Waals surface area contributed by atoms with Gasteiger partial charge in [0.1, 0.15) is 5.78 Å². The molecule has 2 nitrogen and oxygen atoms in total. The van der Waals surface area contributed by atoms with Crippen LogP contribution in [0.2, 0.25) is 0 Å². The van der Waals surface area contributed by atoms with Crippen molar-refractivity contribution in [3.63, 3.8) is 0 Å². The maximum atomic E-state index is 11.5. The van der Waals surface area contributed by atoms with Crippen LogP contribution in [-0.4, -0.2) is 17.4 Å². The van der Waals surface area contributed by atoms with Crippen molar-refractivity contribution in [2.75, 3.05) is 0 Å². The first-order valence-electron chi connectivity index (χ1n) is 5.92. The van der Waals surface area contributed by atoms with E-state index in [1.165, 1.54) is 0 Å².